The molecule has 1 aromatic carbocycles. The Bertz CT molecular complexity index is 710. The van der Waals surface area contributed by atoms with E-state index >= 15 is 0 Å². The van der Waals surface area contributed by atoms with Crippen LogP contribution in [0.5, 0.6) is 11.5 Å². The van der Waals surface area contributed by atoms with Crippen molar-refractivity contribution in [2.24, 2.45) is 0 Å². The lowest BCUT2D eigenvalue weighted by Gasteiger charge is -2.22. The lowest BCUT2D eigenvalue weighted by molar-refractivity contribution is 0.0783. The SMILES string of the molecule is Cc1occc1CN(C)C(=O)c1cc(Br)c2c(c1)OCCO2. The zero-order valence-corrected chi connectivity index (χ0v) is 14.0. The number of aryl methyl sites for hydroxylation is 1. The minimum atomic E-state index is -0.0849. The molecule has 5 nitrogen and oxygen atoms in total. The zero-order chi connectivity index (χ0) is 15.7. The molecule has 2 aromatic rings. The number of halogens is 1. The summed E-state index contributed by atoms with van der Waals surface area (Å²) in [6, 6.07) is 5.35. The van der Waals surface area contributed by atoms with Gasteiger partial charge in [0.15, 0.2) is 11.5 Å². The van der Waals surface area contributed by atoms with Crippen molar-refractivity contribution in [3.63, 3.8) is 0 Å². The van der Waals surface area contributed by atoms with E-state index in [9.17, 15) is 4.79 Å². The highest BCUT2D eigenvalue weighted by atomic mass is 79.9. The molecule has 0 fully saturated rings. The summed E-state index contributed by atoms with van der Waals surface area (Å²) in [6.07, 6.45) is 1.63. The van der Waals surface area contributed by atoms with Crippen LogP contribution < -0.4 is 9.47 Å². The summed E-state index contributed by atoms with van der Waals surface area (Å²) in [5.74, 6) is 1.98. The summed E-state index contributed by atoms with van der Waals surface area (Å²) >= 11 is 3.43. The smallest absolute Gasteiger partial charge is 0.254 e. The monoisotopic (exact) mass is 365 g/mol. The number of fused-ring (bicyclic) bond motifs is 1. The van der Waals surface area contributed by atoms with Crippen LogP contribution in [0.2, 0.25) is 0 Å². The summed E-state index contributed by atoms with van der Waals surface area (Å²) in [5, 5.41) is 0. The molecule has 0 spiro atoms. The fourth-order valence-corrected chi connectivity index (χ4v) is 2.91. The fourth-order valence-electron chi connectivity index (χ4n) is 2.36. The van der Waals surface area contributed by atoms with E-state index in [1.807, 2.05) is 13.0 Å². The molecule has 1 aliphatic heterocycles. The van der Waals surface area contributed by atoms with Crippen molar-refractivity contribution < 1.29 is 18.7 Å². The summed E-state index contributed by atoms with van der Waals surface area (Å²) in [4.78, 5) is 14.2. The van der Waals surface area contributed by atoms with Crippen molar-refractivity contribution in [2.75, 3.05) is 20.3 Å². The quantitative estimate of drug-likeness (QED) is 0.836. The van der Waals surface area contributed by atoms with Gasteiger partial charge in [-0.15, -0.1) is 0 Å². The first-order valence-corrected chi connectivity index (χ1v) is 7.73. The molecule has 1 amide bonds. The van der Waals surface area contributed by atoms with E-state index in [0.717, 1.165) is 15.8 Å². The average molecular weight is 366 g/mol. The highest BCUT2D eigenvalue weighted by Crippen LogP contribution is 2.38. The Morgan fingerprint density at radius 2 is 2.09 bits per heavy atom. The maximum atomic E-state index is 12.6. The van der Waals surface area contributed by atoms with Gasteiger partial charge in [-0.3, -0.25) is 4.79 Å². The molecule has 0 saturated heterocycles. The number of benzene rings is 1. The number of rotatable bonds is 3. The van der Waals surface area contributed by atoms with E-state index in [4.69, 9.17) is 13.9 Å². The number of furan rings is 1. The normalized spacial score (nSPS) is 13.0. The van der Waals surface area contributed by atoms with Gasteiger partial charge in [-0.2, -0.15) is 0 Å². The van der Waals surface area contributed by atoms with E-state index in [0.29, 0.717) is 36.8 Å². The van der Waals surface area contributed by atoms with Crippen LogP contribution in [0.3, 0.4) is 0 Å². The number of carbonyl (C=O) groups excluding carboxylic acids is 1. The highest BCUT2D eigenvalue weighted by molar-refractivity contribution is 9.10. The number of nitrogens with zero attached hydrogens (tertiary/aromatic N) is 1. The predicted molar refractivity (Wildman–Crippen MR) is 84.4 cm³/mol. The van der Waals surface area contributed by atoms with E-state index in [1.54, 1.807) is 30.3 Å². The minimum absolute atomic E-state index is 0.0849. The van der Waals surface area contributed by atoms with Gasteiger partial charge in [-0.25, -0.2) is 0 Å². The average Bonchev–Trinajstić information content (AvgIpc) is 2.91. The Kier molecular flexibility index (Phi) is 4.11. The predicted octanol–water partition coefficient (Wildman–Crippen LogP) is 3.39. The third-order valence-corrected chi connectivity index (χ3v) is 4.15. The molecule has 1 aromatic heterocycles. The molecule has 0 aliphatic carbocycles. The van der Waals surface area contributed by atoms with Gasteiger partial charge in [0.2, 0.25) is 0 Å². The summed E-state index contributed by atoms with van der Waals surface area (Å²) in [6.45, 7) is 3.38. The maximum Gasteiger partial charge on any atom is 0.254 e. The van der Waals surface area contributed by atoms with E-state index in [1.165, 1.54) is 0 Å². The standard InChI is InChI=1S/C16H16BrNO4/c1-10-11(3-4-20-10)9-18(2)16(19)12-7-13(17)15-14(8-12)21-5-6-22-15/h3-4,7-8H,5-6,9H2,1-2H3. The largest absolute Gasteiger partial charge is 0.486 e. The maximum absolute atomic E-state index is 12.6. The molecule has 22 heavy (non-hydrogen) atoms. The lowest BCUT2D eigenvalue weighted by atomic mass is 10.1. The van der Waals surface area contributed by atoms with Gasteiger partial charge < -0.3 is 18.8 Å². The van der Waals surface area contributed by atoms with Gasteiger partial charge in [0, 0.05) is 24.7 Å². The number of carbonyl (C=O) groups is 1. The summed E-state index contributed by atoms with van der Waals surface area (Å²) in [5.41, 5.74) is 1.55. The molecule has 0 saturated carbocycles. The van der Waals surface area contributed by atoms with Gasteiger partial charge in [-0.05, 0) is 41.1 Å². The van der Waals surface area contributed by atoms with E-state index in [2.05, 4.69) is 15.9 Å². The molecule has 6 heteroatoms. The molecule has 0 unspecified atom stereocenters. The second-order valence-corrected chi connectivity index (χ2v) is 6.00. The first-order chi connectivity index (χ1) is 10.6. The second-order valence-electron chi connectivity index (χ2n) is 5.15. The van der Waals surface area contributed by atoms with Crippen LogP contribution >= 0.6 is 15.9 Å². The summed E-state index contributed by atoms with van der Waals surface area (Å²) in [7, 11) is 1.76. The minimum Gasteiger partial charge on any atom is -0.486 e. The van der Waals surface area contributed by atoms with Crippen LogP contribution in [0.15, 0.2) is 33.4 Å². The van der Waals surface area contributed by atoms with Crippen molar-refractivity contribution in [1.29, 1.82) is 0 Å². The van der Waals surface area contributed by atoms with Gasteiger partial charge in [0.25, 0.3) is 5.91 Å². The van der Waals surface area contributed by atoms with Crippen LogP contribution in [-0.4, -0.2) is 31.1 Å². The topological polar surface area (TPSA) is 51.9 Å². The van der Waals surface area contributed by atoms with Gasteiger partial charge in [0.05, 0.1) is 10.7 Å². The van der Waals surface area contributed by atoms with Crippen molar-refractivity contribution in [3.05, 3.63) is 45.8 Å². The van der Waals surface area contributed by atoms with E-state index in [-0.39, 0.29) is 5.91 Å². The fraction of sp³-hybridized carbons (Fsp3) is 0.312. The van der Waals surface area contributed by atoms with Gasteiger partial charge in [0.1, 0.15) is 19.0 Å². The van der Waals surface area contributed by atoms with Crippen molar-refractivity contribution in [2.45, 2.75) is 13.5 Å². The van der Waals surface area contributed by atoms with Gasteiger partial charge >= 0.3 is 0 Å². The molecule has 0 radical (unpaired) electrons. The van der Waals surface area contributed by atoms with Crippen molar-refractivity contribution >= 4 is 21.8 Å². The molecule has 0 bridgehead atoms. The molecule has 116 valence electrons. The molecule has 1 aliphatic rings. The van der Waals surface area contributed by atoms with Crippen LogP contribution in [-0.2, 0) is 6.54 Å². The Balaban J connectivity index is 1.82. The third-order valence-electron chi connectivity index (χ3n) is 3.56. The van der Waals surface area contributed by atoms with E-state index < -0.39 is 0 Å². The summed E-state index contributed by atoms with van der Waals surface area (Å²) < 4.78 is 17.1. The number of hydrogen-bond donors (Lipinski definition) is 0. The Morgan fingerprint density at radius 3 is 2.82 bits per heavy atom. The molecule has 0 N–H and O–H groups in total. The molecular weight excluding hydrogens is 350 g/mol. The Morgan fingerprint density at radius 1 is 1.32 bits per heavy atom. The molecular formula is C16H16BrNO4. The lowest BCUT2D eigenvalue weighted by Crippen LogP contribution is -2.26. The second kappa shape index (κ2) is 6.04. The Hall–Kier alpha value is -1.95. The number of amides is 1. The van der Waals surface area contributed by atoms with Crippen LogP contribution in [0.1, 0.15) is 21.7 Å². The van der Waals surface area contributed by atoms with Crippen LogP contribution in [0, 0.1) is 6.92 Å². The van der Waals surface area contributed by atoms with Crippen molar-refractivity contribution in [3.8, 4) is 11.5 Å². The van der Waals surface area contributed by atoms with Crippen LogP contribution in [0.25, 0.3) is 0 Å². The first-order valence-electron chi connectivity index (χ1n) is 6.94. The van der Waals surface area contributed by atoms with Crippen LogP contribution in [0.4, 0.5) is 0 Å². The Labute approximate surface area is 136 Å². The number of ether oxygens (including phenoxy) is 2. The van der Waals surface area contributed by atoms with Gasteiger partial charge in [-0.1, -0.05) is 0 Å². The van der Waals surface area contributed by atoms with Crippen molar-refractivity contribution in [1.82, 2.24) is 4.90 Å². The molecule has 3 rings (SSSR count). The number of hydrogen-bond acceptors (Lipinski definition) is 4. The first kappa shape index (κ1) is 15.0. The highest BCUT2D eigenvalue weighted by Gasteiger charge is 2.21. The third kappa shape index (κ3) is 2.83. The zero-order valence-electron chi connectivity index (χ0n) is 12.4. The molecule has 2 heterocycles. The molecule has 0 atom stereocenters.